The van der Waals surface area contributed by atoms with E-state index in [1.165, 1.54) is 36.3 Å². The number of hydrogen-bond donors (Lipinski definition) is 2. The number of pyridine rings is 1. The molecule has 0 saturated carbocycles. The van der Waals surface area contributed by atoms with Crippen LogP contribution in [0.5, 0.6) is 5.75 Å². The number of urea groups is 1. The van der Waals surface area contributed by atoms with Crippen LogP contribution in [0.2, 0.25) is 0 Å². The second-order valence-corrected chi connectivity index (χ2v) is 11.0. The Morgan fingerprint density at radius 3 is 2.46 bits per heavy atom. The minimum atomic E-state index is -4.62. The Hall–Kier alpha value is -4.78. The summed E-state index contributed by atoms with van der Waals surface area (Å²) in [7, 11) is 3.21. The van der Waals surface area contributed by atoms with Crippen LogP contribution in [0.3, 0.4) is 0 Å². The molecular formula is C33H38F3N7O3. The molecule has 0 radical (unpaired) electrons. The molecule has 1 fully saturated rings. The number of benzene rings is 2. The van der Waals surface area contributed by atoms with Crippen molar-refractivity contribution in [3.63, 3.8) is 0 Å². The largest absolute Gasteiger partial charge is 0.497 e. The first-order valence-electron chi connectivity index (χ1n) is 15.2. The second kappa shape index (κ2) is 13.7. The Morgan fingerprint density at radius 2 is 1.80 bits per heavy atom. The lowest BCUT2D eigenvalue weighted by Crippen LogP contribution is -2.47. The summed E-state index contributed by atoms with van der Waals surface area (Å²) in [4.78, 5) is 38.7. The van der Waals surface area contributed by atoms with Crippen LogP contribution in [-0.4, -0.2) is 75.2 Å². The van der Waals surface area contributed by atoms with Gasteiger partial charge in [-0.1, -0.05) is 6.92 Å². The summed E-state index contributed by atoms with van der Waals surface area (Å²) in [6.07, 6.45) is 2.37. The van der Waals surface area contributed by atoms with Crippen molar-refractivity contribution in [2.75, 3.05) is 73.4 Å². The third-order valence-electron chi connectivity index (χ3n) is 8.25. The van der Waals surface area contributed by atoms with Crippen molar-refractivity contribution in [3.8, 4) is 5.75 Å². The minimum absolute atomic E-state index is 0.00556. The monoisotopic (exact) mass is 637 g/mol. The van der Waals surface area contributed by atoms with E-state index in [9.17, 15) is 22.8 Å². The molecule has 46 heavy (non-hydrogen) atoms. The topological polar surface area (TPSA) is 93.3 Å². The number of alkyl halides is 3. The fraction of sp³-hybridized carbons (Fsp3) is 0.364. The van der Waals surface area contributed by atoms with Gasteiger partial charge in [-0.25, -0.2) is 4.79 Å². The van der Waals surface area contributed by atoms with Gasteiger partial charge in [0.15, 0.2) is 0 Å². The van der Waals surface area contributed by atoms with E-state index < -0.39 is 17.6 Å². The lowest BCUT2D eigenvalue weighted by atomic mass is 10.0. The molecule has 0 atom stereocenters. The number of anilines is 4. The summed E-state index contributed by atoms with van der Waals surface area (Å²) in [6.45, 7) is 7.63. The zero-order chi connectivity index (χ0) is 33.0. The van der Waals surface area contributed by atoms with Crippen LogP contribution in [0, 0.1) is 0 Å². The van der Waals surface area contributed by atoms with Crippen LogP contribution in [0.1, 0.15) is 40.9 Å². The number of likely N-dealkylation sites (N-methyl/N-ethyl adjacent to an activating group) is 1. The highest BCUT2D eigenvalue weighted by Gasteiger charge is 2.36. The normalized spacial score (nSPS) is 15.7. The Kier molecular flexibility index (Phi) is 9.71. The van der Waals surface area contributed by atoms with Crippen molar-refractivity contribution in [1.29, 1.82) is 0 Å². The quantitative estimate of drug-likeness (QED) is 0.313. The Morgan fingerprint density at radius 1 is 1.04 bits per heavy atom. The number of halogens is 3. The predicted octanol–water partition coefficient (Wildman–Crippen LogP) is 5.66. The molecule has 2 N–H and O–H groups in total. The van der Waals surface area contributed by atoms with E-state index in [1.807, 2.05) is 19.9 Å². The first-order valence-corrected chi connectivity index (χ1v) is 15.2. The molecule has 1 saturated heterocycles. The third kappa shape index (κ3) is 6.74. The van der Waals surface area contributed by atoms with Gasteiger partial charge in [0.1, 0.15) is 5.75 Å². The number of ether oxygens (including phenoxy) is 1. The number of carbonyl (C=O) groups excluding carboxylic acids is 2. The molecule has 3 heterocycles. The SMILES string of the molecule is CCN1CCN(c2ccc(NC(=O)c3cc(OC)cc(N4Cc5cncc(/C=C\NC)c5N(CC)C4=O)c3)cc2C(F)(F)F)CC1. The molecule has 10 nitrogen and oxygen atoms in total. The van der Waals surface area contributed by atoms with Crippen LogP contribution < -0.4 is 30.1 Å². The second-order valence-electron chi connectivity index (χ2n) is 11.0. The summed E-state index contributed by atoms with van der Waals surface area (Å²) in [5.41, 5.74) is 2.14. The summed E-state index contributed by atoms with van der Waals surface area (Å²) in [5.74, 6) is -0.332. The van der Waals surface area contributed by atoms with E-state index in [4.69, 9.17) is 4.74 Å². The Labute approximate surface area is 266 Å². The summed E-state index contributed by atoms with van der Waals surface area (Å²) in [6, 6.07) is 8.21. The van der Waals surface area contributed by atoms with Crippen molar-refractivity contribution >= 4 is 40.8 Å². The van der Waals surface area contributed by atoms with Crippen molar-refractivity contribution in [1.82, 2.24) is 15.2 Å². The zero-order valence-electron chi connectivity index (χ0n) is 26.3. The first kappa shape index (κ1) is 32.6. The molecule has 2 aromatic carbocycles. The summed E-state index contributed by atoms with van der Waals surface area (Å²) in [5, 5.41) is 5.56. The van der Waals surface area contributed by atoms with Gasteiger partial charge in [0.2, 0.25) is 0 Å². The predicted molar refractivity (Wildman–Crippen MR) is 174 cm³/mol. The highest BCUT2D eigenvalue weighted by Crippen LogP contribution is 2.39. The Bertz CT molecular complexity index is 1620. The van der Waals surface area contributed by atoms with E-state index in [-0.39, 0.29) is 29.5 Å². The van der Waals surface area contributed by atoms with E-state index in [0.29, 0.717) is 44.2 Å². The maximum Gasteiger partial charge on any atom is 0.418 e. The van der Waals surface area contributed by atoms with Gasteiger partial charge in [-0.3, -0.25) is 19.6 Å². The number of methoxy groups -OCH3 is 1. The van der Waals surface area contributed by atoms with Crippen molar-refractivity contribution in [2.45, 2.75) is 26.6 Å². The van der Waals surface area contributed by atoms with Crippen LogP contribution in [-0.2, 0) is 12.7 Å². The minimum Gasteiger partial charge on any atom is -0.497 e. The van der Waals surface area contributed by atoms with Crippen LogP contribution in [0.15, 0.2) is 55.0 Å². The van der Waals surface area contributed by atoms with Crippen LogP contribution in [0.25, 0.3) is 6.08 Å². The number of amides is 3. The average molecular weight is 638 g/mol. The summed E-state index contributed by atoms with van der Waals surface area (Å²) >= 11 is 0. The number of rotatable bonds is 9. The number of aromatic nitrogens is 1. The van der Waals surface area contributed by atoms with Gasteiger partial charge in [0, 0.05) is 86.3 Å². The molecule has 0 aliphatic carbocycles. The van der Waals surface area contributed by atoms with Gasteiger partial charge in [0.05, 0.1) is 30.6 Å². The van der Waals surface area contributed by atoms with Gasteiger partial charge in [-0.2, -0.15) is 13.2 Å². The van der Waals surface area contributed by atoms with Crippen molar-refractivity contribution < 1.29 is 27.5 Å². The fourth-order valence-corrected chi connectivity index (χ4v) is 5.84. The molecule has 2 aliphatic rings. The number of carbonyl (C=O) groups is 2. The van der Waals surface area contributed by atoms with Gasteiger partial charge in [0.25, 0.3) is 5.91 Å². The maximum absolute atomic E-state index is 14.2. The highest BCUT2D eigenvalue weighted by atomic mass is 19.4. The Balaban J connectivity index is 1.43. The molecule has 0 bridgehead atoms. The molecule has 3 aromatic rings. The fourth-order valence-electron chi connectivity index (χ4n) is 5.84. The van der Waals surface area contributed by atoms with Gasteiger partial charge < -0.3 is 25.2 Å². The highest BCUT2D eigenvalue weighted by molar-refractivity contribution is 6.09. The molecule has 1 aromatic heterocycles. The van der Waals surface area contributed by atoms with Gasteiger partial charge in [-0.15, -0.1) is 0 Å². The molecule has 5 rings (SSSR count). The summed E-state index contributed by atoms with van der Waals surface area (Å²) < 4.78 is 48.1. The number of hydrogen-bond acceptors (Lipinski definition) is 7. The van der Waals surface area contributed by atoms with E-state index in [0.717, 1.165) is 29.4 Å². The number of nitrogens with zero attached hydrogens (tertiary/aromatic N) is 5. The third-order valence-corrected chi connectivity index (χ3v) is 8.25. The van der Waals surface area contributed by atoms with Crippen molar-refractivity contribution in [2.24, 2.45) is 0 Å². The number of piperazine rings is 1. The molecule has 0 spiro atoms. The molecule has 3 amide bonds. The van der Waals surface area contributed by atoms with Crippen molar-refractivity contribution in [3.05, 3.63) is 77.2 Å². The van der Waals surface area contributed by atoms with E-state index in [2.05, 4.69) is 20.5 Å². The maximum atomic E-state index is 14.2. The smallest absolute Gasteiger partial charge is 0.418 e. The lowest BCUT2D eigenvalue weighted by Gasteiger charge is -2.37. The molecule has 2 aliphatic heterocycles. The number of nitrogens with one attached hydrogen (secondary N) is 2. The number of fused-ring (bicyclic) bond motifs is 1. The van der Waals surface area contributed by atoms with E-state index in [1.54, 1.807) is 41.5 Å². The van der Waals surface area contributed by atoms with E-state index >= 15 is 0 Å². The molecular weight excluding hydrogens is 599 g/mol. The average Bonchev–Trinajstić information content (AvgIpc) is 3.06. The molecule has 13 heteroatoms. The first-order chi connectivity index (χ1) is 22.1. The zero-order valence-corrected chi connectivity index (χ0v) is 26.3. The van der Waals surface area contributed by atoms with Crippen LogP contribution in [0.4, 0.5) is 40.7 Å². The molecule has 244 valence electrons. The van der Waals surface area contributed by atoms with Gasteiger partial charge >= 0.3 is 12.2 Å². The standard InChI is InChI=1S/C33H38F3N7O3/c1-5-40-11-13-41(14-12-40)29-8-7-25(17-28(29)33(34,35)36)39-31(44)23-15-26(18-27(16-23)46-4)43-21-24-20-38-19-22(9-10-37-3)30(24)42(6-2)32(43)45/h7-10,15-20,37H,5-6,11-14,21H2,1-4H3,(H,39,44)/b10-9-. The lowest BCUT2D eigenvalue weighted by molar-refractivity contribution is -0.137. The molecule has 0 unspecified atom stereocenters. The van der Waals surface area contributed by atoms with Crippen LogP contribution >= 0.6 is 0 Å². The van der Waals surface area contributed by atoms with Gasteiger partial charge in [-0.05, 0) is 56.1 Å².